The summed E-state index contributed by atoms with van der Waals surface area (Å²) in [6.45, 7) is 0. The average Bonchev–Trinajstić information content (AvgIpc) is 3.35. The monoisotopic (exact) mass is 364 g/mol. The molecule has 0 bridgehead atoms. The molecule has 0 saturated carbocycles. The minimum absolute atomic E-state index is 1.04. The smallest absolute Gasteiger partial charge is 0.000749 e. The van der Waals surface area contributed by atoms with Gasteiger partial charge in [-0.15, -0.1) is 0 Å². The molecule has 0 radical (unpaired) electrons. The molecule has 132 valence electrons. The summed E-state index contributed by atoms with van der Waals surface area (Å²) in [6.07, 6.45) is 10.2. The van der Waals surface area contributed by atoms with E-state index in [9.17, 15) is 0 Å². The highest BCUT2D eigenvalue weighted by molar-refractivity contribution is 6.36. The first-order valence-electron chi connectivity index (χ1n) is 10.3. The van der Waals surface area contributed by atoms with Crippen molar-refractivity contribution in [2.75, 3.05) is 0 Å². The predicted molar refractivity (Wildman–Crippen MR) is 124 cm³/mol. The second kappa shape index (κ2) is 4.67. The average molecular weight is 364 g/mol. The van der Waals surface area contributed by atoms with Crippen molar-refractivity contribution in [2.45, 2.75) is 6.42 Å². The van der Waals surface area contributed by atoms with Crippen LogP contribution in [-0.2, 0) is 0 Å². The van der Waals surface area contributed by atoms with Crippen molar-refractivity contribution in [3.63, 3.8) is 0 Å². The van der Waals surface area contributed by atoms with E-state index in [4.69, 9.17) is 0 Å². The maximum Gasteiger partial charge on any atom is -0.000749 e. The number of fused-ring (bicyclic) bond motifs is 5. The molecule has 5 aromatic rings. The Balaban J connectivity index is 1.60. The molecule has 0 heteroatoms. The van der Waals surface area contributed by atoms with E-state index in [-0.39, 0.29) is 0 Å². The van der Waals surface area contributed by atoms with E-state index >= 15 is 0 Å². The van der Waals surface area contributed by atoms with E-state index in [1.165, 1.54) is 76.5 Å². The SMILES string of the molecule is C1=CC2=CC3=C(CC2=C1)c1ccc2c4cccc5cccc(c6ccc3c1c62)c54. The molecule has 8 rings (SSSR count). The number of benzene rings is 5. The van der Waals surface area contributed by atoms with Gasteiger partial charge in [0.2, 0.25) is 0 Å². The molecule has 0 N–H and O–H groups in total. The third-order valence-electron chi connectivity index (χ3n) is 7.20. The van der Waals surface area contributed by atoms with E-state index in [0.29, 0.717) is 0 Å². The zero-order chi connectivity index (χ0) is 18.7. The Morgan fingerprint density at radius 3 is 2.14 bits per heavy atom. The summed E-state index contributed by atoms with van der Waals surface area (Å²) in [5.74, 6) is 0. The second-order valence-electron chi connectivity index (χ2n) is 8.50. The summed E-state index contributed by atoms with van der Waals surface area (Å²) in [4.78, 5) is 0. The van der Waals surface area contributed by atoms with Gasteiger partial charge >= 0.3 is 0 Å². The first-order valence-corrected chi connectivity index (χ1v) is 10.3. The summed E-state index contributed by atoms with van der Waals surface area (Å²) >= 11 is 0. The molecule has 0 saturated heterocycles. The van der Waals surface area contributed by atoms with Crippen molar-refractivity contribution >= 4 is 54.2 Å². The van der Waals surface area contributed by atoms with Gasteiger partial charge in [-0.05, 0) is 89.0 Å². The van der Waals surface area contributed by atoms with Gasteiger partial charge in [0.15, 0.2) is 0 Å². The van der Waals surface area contributed by atoms with E-state index in [1.807, 2.05) is 0 Å². The lowest BCUT2D eigenvalue weighted by Gasteiger charge is -2.16. The van der Waals surface area contributed by atoms with Crippen LogP contribution in [0.1, 0.15) is 17.5 Å². The molecule has 0 aliphatic heterocycles. The molecule has 0 fully saturated rings. The summed E-state index contributed by atoms with van der Waals surface area (Å²) in [7, 11) is 0. The van der Waals surface area contributed by atoms with Crippen LogP contribution in [-0.4, -0.2) is 0 Å². The first-order chi connectivity index (χ1) is 14.4. The molecule has 0 unspecified atom stereocenters. The summed E-state index contributed by atoms with van der Waals surface area (Å²) in [5, 5.41) is 11.1. The van der Waals surface area contributed by atoms with Crippen molar-refractivity contribution in [1.82, 2.24) is 0 Å². The highest BCUT2D eigenvalue weighted by atomic mass is 14.3. The van der Waals surface area contributed by atoms with Crippen LogP contribution in [0, 0.1) is 0 Å². The molecular weight excluding hydrogens is 348 g/mol. The van der Waals surface area contributed by atoms with Crippen LogP contribution in [0.4, 0.5) is 0 Å². The minimum atomic E-state index is 1.04. The molecular formula is C29H16. The summed E-state index contributed by atoms with van der Waals surface area (Å²) < 4.78 is 0. The molecule has 3 aliphatic rings. The Hall–Kier alpha value is -3.64. The van der Waals surface area contributed by atoms with E-state index in [2.05, 4.69) is 85.0 Å². The maximum atomic E-state index is 2.41. The third-order valence-corrected chi connectivity index (χ3v) is 7.20. The number of rotatable bonds is 0. The van der Waals surface area contributed by atoms with E-state index < -0.39 is 0 Å². The van der Waals surface area contributed by atoms with Crippen LogP contribution in [0.2, 0.25) is 0 Å². The van der Waals surface area contributed by atoms with Gasteiger partial charge in [-0.1, -0.05) is 78.9 Å². The zero-order valence-electron chi connectivity index (χ0n) is 15.8. The van der Waals surface area contributed by atoms with Gasteiger partial charge in [-0.2, -0.15) is 0 Å². The fourth-order valence-electron chi connectivity index (χ4n) is 5.99. The highest BCUT2D eigenvalue weighted by Crippen LogP contribution is 2.53. The number of hydrogen-bond donors (Lipinski definition) is 0. The van der Waals surface area contributed by atoms with Crippen LogP contribution in [0.15, 0.2) is 96.1 Å². The van der Waals surface area contributed by atoms with Crippen LogP contribution in [0.3, 0.4) is 0 Å². The minimum Gasteiger partial charge on any atom is -0.0614 e. The normalized spacial score (nSPS) is 17.0. The first kappa shape index (κ1) is 14.4. The second-order valence-corrected chi connectivity index (χ2v) is 8.50. The van der Waals surface area contributed by atoms with E-state index in [1.54, 1.807) is 0 Å². The van der Waals surface area contributed by atoms with Crippen LogP contribution < -0.4 is 0 Å². The van der Waals surface area contributed by atoms with Crippen LogP contribution in [0.25, 0.3) is 54.2 Å². The van der Waals surface area contributed by atoms with Gasteiger partial charge in [-0.3, -0.25) is 0 Å². The Labute approximate surface area is 168 Å². The molecule has 0 heterocycles. The molecule has 3 aliphatic carbocycles. The van der Waals surface area contributed by atoms with Gasteiger partial charge in [0, 0.05) is 0 Å². The highest BCUT2D eigenvalue weighted by Gasteiger charge is 2.29. The molecule has 0 nitrogen and oxygen atoms in total. The molecule has 0 amide bonds. The Morgan fingerprint density at radius 1 is 0.621 bits per heavy atom. The largest absolute Gasteiger partial charge is 0.0614 e. The quantitative estimate of drug-likeness (QED) is 0.194. The molecule has 0 atom stereocenters. The van der Waals surface area contributed by atoms with Crippen molar-refractivity contribution in [2.24, 2.45) is 0 Å². The lowest BCUT2D eigenvalue weighted by molar-refractivity contribution is 1.27. The maximum absolute atomic E-state index is 2.41. The van der Waals surface area contributed by atoms with Crippen LogP contribution >= 0.6 is 0 Å². The van der Waals surface area contributed by atoms with Gasteiger partial charge in [-0.25, -0.2) is 0 Å². The number of allylic oxidation sites excluding steroid dienone is 8. The lowest BCUT2D eigenvalue weighted by Crippen LogP contribution is -1.95. The van der Waals surface area contributed by atoms with Crippen molar-refractivity contribution in [1.29, 1.82) is 0 Å². The van der Waals surface area contributed by atoms with Gasteiger partial charge in [0.1, 0.15) is 0 Å². The lowest BCUT2D eigenvalue weighted by atomic mass is 9.87. The van der Waals surface area contributed by atoms with Gasteiger partial charge in [0.25, 0.3) is 0 Å². The fraction of sp³-hybridized carbons (Fsp3) is 0.0345. The van der Waals surface area contributed by atoms with E-state index in [0.717, 1.165) is 6.42 Å². The fourth-order valence-corrected chi connectivity index (χ4v) is 5.99. The molecule has 29 heavy (non-hydrogen) atoms. The van der Waals surface area contributed by atoms with Crippen LogP contribution in [0.5, 0.6) is 0 Å². The topological polar surface area (TPSA) is 0 Å². The molecule has 0 spiro atoms. The predicted octanol–water partition coefficient (Wildman–Crippen LogP) is 7.79. The van der Waals surface area contributed by atoms with Gasteiger partial charge < -0.3 is 0 Å². The summed E-state index contributed by atoms with van der Waals surface area (Å²) in [5.41, 5.74) is 8.62. The Bertz CT molecular complexity index is 1650. The third kappa shape index (κ3) is 1.56. The molecule has 5 aromatic carbocycles. The summed E-state index contributed by atoms with van der Waals surface area (Å²) in [6, 6.07) is 22.9. The Kier molecular flexibility index (Phi) is 2.31. The standard InChI is InChI=1S/C29H16/c1-6-17-14-25-23-12-10-21-19-8-2-4-16-5-3-9-20(27(16)19)22-11-13-24(29(23)28(21)22)26(25)15-18(17)7-1/h1-14H,15H2. The molecule has 0 aromatic heterocycles. The zero-order valence-corrected chi connectivity index (χ0v) is 15.8. The Morgan fingerprint density at radius 2 is 1.34 bits per heavy atom. The van der Waals surface area contributed by atoms with Crippen molar-refractivity contribution in [3.05, 3.63) is 107 Å². The van der Waals surface area contributed by atoms with Crippen molar-refractivity contribution in [3.8, 4) is 0 Å². The van der Waals surface area contributed by atoms with Crippen molar-refractivity contribution < 1.29 is 0 Å². The van der Waals surface area contributed by atoms with Gasteiger partial charge in [0.05, 0.1) is 0 Å². The number of hydrogen-bond acceptors (Lipinski definition) is 0.